The Hall–Kier alpha value is -0.330. The molecule has 0 saturated carbocycles. The number of amides is 1. The first-order valence-electron chi connectivity index (χ1n) is 5.23. The van der Waals surface area contributed by atoms with Crippen LogP contribution in [0.5, 0.6) is 0 Å². The van der Waals surface area contributed by atoms with Gasteiger partial charge in [-0.1, -0.05) is 0 Å². The van der Waals surface area contributed by atoms with Crippen LogP contribution in [0.1, 0.15) is 27.7 Å². The highest BCUT2D eigenvalue weighted by Crippen LogP contribution is 2.17. The van der Waals surface area contributed by atoms with Crippen LogP contribution >= 0.6 is 11.6 Å². The van der Waals surface area contributed by atoms with Crippen LogP contribution in [0.15, 0.2) is 0 Å². The third kappa shape index (κ3) is 6.85. The average molecular weight is 285 g/mol. The van der Waals surface area contributed by atoms with Gasteiger partial charge in [0.2, 0.25) is 15.9 Å². The van der Waals surface area contributed by atoms with E-state index >= 15 is 0 Å². The number of carbonyl (C=O) groups is 1. The van der Waals surface area contributed by atoms with E-state index in [2.05, 4.69) is 10.0 Å². The van der Waals surface area contributed by atoms with Crippen molar-refractivity contribution in [2.45, 2.75) is 33.2 Å². The standard InChI is InChI=1S/C10H21ClN2O3S/c1-9(2,6-11)8(14)12-7-10(3,4)13-17(5,15)16/h13H,6-7H2,1-5H3,(H,12,14). The second kappa shape index (κ2) is 5.54. The summed E-state index contributed by atoms with van der Waals surface area (Å²) in [6, 6.07) is 0. The molecule has 0 spiro atoms. The van der Waals surface area contributed by atoms with E-state index in [1.54, 1.807) is 27.7 Å². The maximum Gasteiger partial charge on any atom is 0.226 e. The van der Waals surface area contributed by atoms with Crippen LogP contribution in [0.4, 0.5) is 0 Å². The van der Waals surface area contributed by atoms with Crippen LogP contribution in [-0.2, 0) is 14.8 Å². The highest BCUT2D eigenvalue weighted by atomic mass is 35.5. The van der Waals surface area contributed by atoms with Crippen LogP contribution in [-0.4, -0.2) is 38.5 Å². The van der Waals surface area contributed by atoms with E-state index in [9.17, 15) is 13.2 Å². The zero-order chi connectivity index (χ0) is 13.9. The van der Waals surface area contributed by atoms with E-state index in [0.29, 0.717) is 0 Å². The van der Waals surface area contributed by atoms with Crippen LogP contribution < -0.4 is 10.0 Å². The fraction of sp³-hybridized carbons (Fsp3) is 0.900. The first-order valence-corrected chi connectivity index (χ1v) is 7.65. The normalized spacial score (nSPS) is 13.5. The summed E-state index contributed by atoms with van der Waals surface area (Å²) in [5, 5.41) is 2.69. The molecule has 0 aliphatic carbocycles. The smallest absolute Gasteiger partial charge is 0.226 e. The lowest BCUT2D eigenvalue weighted by atomic mass is 9.94. The first-order chi connectivity index (χ1) is 7.40. The van der Waals surface area contributed by atoms with Gasteiger partial charge in [-0.3, -0.25) is 4.79 Å². The van der Waals surface area contributed by atoms with E-state index < -0.39 is 21.0 Å². The predicted octanol–water partition coefficient (Wildman–Crippen LogP) is 0.695. The molecule has 0 fully saturated rings. The van der Waals surface area contributed by atoms with Crippen molar-refractivity contribution in [3.8, 4) is 0 Å². The van der Waals surface area contributed by atoms with Crippen molar-refractivity contribution in [2.75, 3.05) is 18.7 Å². The molecule has 1 amide bonds. The molecule has 0 atom stereocenters. The number of hydrogen-bond donors (Lipinski definition) is 2. The predicted molar refractivity (Wildman–Crippen MR) is 69.6 cm³/mol. The monoisotopic (exact) mass is 284 g/mol. The minimum Gasteiger partial charge on any atom is -0.354 e. The van der Waals surface area contributed by atoms with Crippen molar-refractivity contribution in [2.24, 2.45) is 5.41 Å². The van der Waals surface area contributed by atoms with Gasteiger partial charge in [0.25, 0.3) is 0 Å². The first kappa shape index (κ1) is 16.7. The molecule has 0 aliphatic rings. The van der Waals surface area contributed by atoms with Gasteiger partial charge in [-0.15, -0.1) is 11.6 Å². The Bertz CT molecular complexity index is 377. The van der Waals surface area contributed by atoms with Crippen LogP contribution in [0.2, 0.25) is 0 Å². The number of carbonyl (C=O) groups excluding carboxylic acids is 1. The fourth-order valence-electron chi connectivity index (χ4n) is 1.14. The van der Waals surface area contributed by atoms with Crippen molar-refractivity contribution in [3.63, 3.8) is 0 Å². The zero-order valence-electron chi connectivity index (χ0n) is 10.9. The van der Waals surface area contributed by atoms with Gasteiger partial charge < -0.3 is 5.32 Å². The maximum absolute atomic E-state index is 11.7. The molecule has 0 unspecified atom stereocenters. The molecule has 0 heterocycles. The third-order valence-corrected chi connectivity index (χ3v) is 3.69. The Labute approximate surface area is 108 Å². The van der Waals surface area contributed by atoms with Gasteiger partial charge in [-0.05, 0) is 27.7 Å². The van der Waals surface area contributed by atoms with E-state index in [0.717, 1.165) is 6.26 Å². The van der Waals surface area contributed by atoms with E-state index in [-0.39, 0.29) is 18.3 Å². The number of halogens is 1. The van der Waals surface area contributed by atoms with Crippen molar-refractivity contribution < 1.29 is 13.2 Å². The van der Waals surface area contributed by atoms with Crippen molar-refractivity contribution >= 4 is 27.5 Å². The minimum absolute atomic E-state index is 0.198. The van der Waals surface area contributed by atoms with E-state index in [4.69, 9.17) is 11.6 Å². The molecule has 102 valence electrons. The third-order valence-electron chi connectivity index (χ3n) is 2.10. The van der Waals surface area contributed by atoms with Gasteiger partial charge in [-0.2, -0.15) is 0 Å². The van der Waals surface area contributed by atoms with Gasteiger partial charge in [0.15, 0.2) is 0 Å². The number of sulfonamides is 1. The largest absolute Gasteiger partial charge is 0.354 e. The van der Waals surface area contributed by atoms with Crippen molar-refractivity contribution in [1.82, 2.24) is 10.0 Å². The molecule has 5 nitrogen and oxygen atoms in total. The lowest BCUT2D eigenvalue weighted by Gasteiger charge is -2.28. The van der Waals surface area contributed by atoms with Gasteiger partial charge >= 0.3 is 0 Å². The fourth-order valence-corrected chi connectivity index (χ4v) is 2.34. The molecule has 0 aromatic carbocycles. The van der Waals surface area contributed by atoms with Crippen LogP contribution in [0.3, 0.4) is 0 Å². The summed E-state index contributed by atoms with van der Waals surface area (Å²) in [5.41, 5.74) is -1.39. The summed E-state index contributed by atoms with van der Waals surface area (Å²) in [6.07, 6.45) is 1.08. The molecule has 0 aromatic rings. The average Bonchev–Trinajstić information content (AvgIpc) is 2.10. The molecule has 0 bridgehead atoms. The summed E-state index contributed by atoms with van der Waals surface area (Å²) < 4.78 is 24.6. The molecule has 0 aromatic heterocycles. The lowest BCUT2D eigenvalue weighted by molar-refractivity contribution is -0.128. The summed E-state index contributed by atoms with van der Waals surface area (Å²) in [4.78, 5) is 11.7. The van der Waals surface area contributed by atoms with Crippen molar-refractivity contribution in [3.05, 3.63) is 0 Å². The quantitative estimate of drug-likeness (QED) is 0.705. The van der Waals surface area contributed by atoms with Crippen molar-refractivity contribution in [1.29, 1.82) is 0 Å². The Balaban J connectivity index is 4.43. The molecular formula is C10H21ClN2O3S. The number of rotatable bonds is 6. The van der Waals surface area contributed by atoms with Gasteiger partial charge in [0, 0.05) is 18.0 Å². The second-order valence-electron chi connectivity index (χ2n) is 5.46. The Morgan fingerprint density at radius 1 is 1.24 bits per heavy atom. The molecule has 0 radical (unpaired) electrons. The second-order valence-corrected chi connectivity index (χ2v) is 7.47. The Kier molecular flexibility index (Phi) is 5.43. The number of nitrogens with one attached hydrogen (secondary N) is 2. The van der Waals surface area contributed by atoms with Crippen LogP contribution in [0, 0.1) is 5.41 Å². The molecule has 17 heavy (non-hydrogen) atoms. The van der Waals surface area contributed by atoms with Crippen LogP contribution in [0.25, 0.3) is 0 Å². The molecule has 2 N–H and O–H groups in total. The van der Waals surface area contributed by atoms with Gasteiger partial charge in [0.1, 0.15) is 0 Å². The summed E-state index contributed by atoms with van der Waals surface area (Å²) in [5.74, 6) is 0.00885. The molecule has 0 aliphatic heterocycles. The SMILES string of the molecule is CC(C)(CNC(=O)C(C)(C)CCl)NS(C)(=O)=O. The highest BCUT2D eigenvalue weighted by Gasteiger charge is 2.29. The summed E-state index contributed by atoms with van der Waals surface area (Å²) >= 11 is 5.67. The maximum atomic E-state index is 11.7. The summed E-state index contributed by atoms with van der Waals surface area (Å²) in [6.45, 7) is 7.06. The Morgan fingerprint density at radius 3 is 2.06 bits per heavy atom. The molecule has 0 rings (SSSR count). The minimum atomic E-state index is -3.30. The highest BCUT2D eigenvalue weighted by molar-refractivity contribution is 7.88. The molecule has 7 heteroatoms. The van der Waals surface area contributed by atoms with Gasteiger partial charge in [0.05, 0.1) is 11.7 Å². The zero-order valence-corrected chi connectivity index (χ0v) is 12.5. The van der Waals surface area contributed by atoms with E-state index in [1.807, 2.05) is 0 Å². The van der Waals surface area contributed by atoms with Gasteiger partial charge in [-0.25, -0.2) is 13.1 Å². The lowest BCUT2D eigenvalue weighted by Crippen LogP contribution is -2.53. The molecule has 0 saturated heterocycles. The number of hydrogen-bond acceptors (Lipinski definition) is 3. The molecular weight excluding hydrogens is 264 g/mol. The number of alkyl halides is 1. The topological polar surface area (TPSA) is 75.3 Å². The van der Waals surface area contributed by atoms with E-state index in [1.165, 1.54) is 0 Å². The summed E-state index contributed by atoms with van der Waals surface area (Å²) in [7, 11) is -3.30. The Morgan fingerprint density at radius 2 is 1.71 bits per heavy atom.